The lowest BCUT2D eigenvalue weighted by atomic mass is 10.1. The van der Waals surface area contributed by atoms with Gasteiger partial charge in [-0.15, -0.1) is 0 Å². The predicted octanol–water partition coefficient (Wildman–Crippen LogP) is 4.08. The van der Waals surface area contributed by atoms with Gasteiger partial charge in [0, 0.05) is 6.42 Å². The van der Waals surface area contributed by atoms with Crippen LogP contribution in [0.5, 0.6) is 17.2 Å². The summed E-state index contributed by atoms with van der Waals surface area (Å²) in [6.45, 7) is -1.13. The molecular weight excluding hydrogens is 529 g/mol. The molecule has 0 aromatic heterocycles. The molecule has 0 saturated heterocycles. The zero-order valence-electron chi connectivity index (χ0n) is 21.0. The zero-order valence-corrected chi connectivity index (χ0v) is 21.9. The molecule has 208 valence electrons. The van der Waals surface area contributed by atoms with Crippen molar-refractivity contribution in [1.29, 1.82) is 0 Å². The number of para-hydroxylation sites is 2. The lowest BCUT2D eigenvalue weighted by Crippen LogP contribution is -2.34. The lowest BCUT2D eigenvalue weighted by molar-refractivity contribution is -0.144. The number of hydrogen-bond donors (Lipinski definition) is 3. The summed E-state index contributed by atoms with van der Waals surface area (Å²) >= 11 is 0. The first kappa shape index (κ1) is 29.8. The molecule has 0 fully saturated rings. The Morgan fingerprint density at radius 1 is 0.897 bits per heavy atom. The van der Waals surface area contributed by atoms with Crippen molar-refractivity contribution in [3.8, 4) is 17.2 Å². The highest BCUT2D eigenvalue weighted by Gasteiger charge is 2.24. The lowest BCUT2D eigenvalue weighted by Gasteiger charge is -2.14. The van der Waals surface area contributed by atoms with Crippen molar-refractivity contribution < 1.29 is 47.4 Å². The van der Waals surface area contributed by atoms with E-state index >= 15 is 0 Å². The Balaban J connectivity index is 1.42. The highest BCUT2D eigenvalue weighted by atomic mass is 31.2. The van der Waals surface area contributed by atoms with Crippen molar-refractivity contribution >= 4 is 19.8 Å². The normalized spacial score (nSPS) is 13.2. The quantitative estimate of drug-likeness (QED) is 0.132. The second-order valence-electron chi connectivity index (χ2n) is 8.22. The molecule has 0 aliphatic carbocycles. The smallest absolute Gasteiger partial charge is 0.472 e. The molecule has 3 aromatic rings. The van der Waals surface area contributed by atoms with Gasteiger partial charge in [-0.25, -0.2) is 4.57 Å². The van der Waals surface area contributed by atoms with Crippen molar-refractivity contribution in [2.45, 2.75) is 25.5 Å². The molecule has 11 nitrogen and oxygen atoms in total. The molecule has 1 unspecified atom stereocenters. The van der Waals surface area contributed by atoms with Crippen molar-refractivity contribution in [3.05, 3.63) is 90.0 Å². The summed E-state index contributed by atoms with van der Waals surface area (Å²) in [5.74, 6) is 0.119. The predicted molar refractivity (Wildman–Crippen MR) is 140 cm³/mol. The third kappa shape index (κ3) is 10.9. The first-order valence-electron chi connectivity index (χ1n) is 12.0. The van der Waals surface area contributed by atoms with Crippen LogP contribution in [0, 0.1) is 0 Å². The van der Waals surface area contributed by atoms with E-state index in [-0.39, 0.29) is 13.0 Å². The zero-order chi connectivity index (χ0) is 28.1. The largest absolute Gasteiger partial charge is 0.489 e. The molecular formula is C27H30NO10P. The van der Waals surface area contributed by atoms with Crippen molar-refractivity contribution in [2.75, 3.05) is 19.8 Å². The van der Waals surface area contributed by atoms with E-state index in [0.29, 0.717) is 24.5 Å². The van der Waals surface area contributed by atoms with Crippen LogP contribution in [0.15, 0.2) is 78.9 Å². The molecule has 4 N–H and O–H groups in total. The van der Waals surface area contributed by atoms with Gasteiger partial charge >= 0.3 is 19.8 Å². The number of carboxylic acid groups (broad SMARTS) is 1. The average molecular weight is 560 g/mol. The van der Waals surface area contributed by atoms with Crippen LogP contribution >= 0.6 is 7.82 Å². The molecule has 39 heavy (non-hydrogen) atoms. The Bertz CT molecular complexity index is 1270. The fourth-order valence-corrected chi connectivity index (χ4v) is 3.96. The van der Waals surface area contributed by atoms with E-state index in [9.17, 15) is 19.0 Å². The Labute approximate surface area is 225 Å². The number of nitrogens with two attached hydrogens (primary N) is 1. The third-order valence-corrected chi connectivity index (χ3v) is 6.16. The Kier molecular flexibility index (Phi) is 11.5. The molecule has 0 bridgehead atoms. The van der Waals surface area contributed by atoms with Gasteiger partial charge in [-0.3, -0.25) is 18.6 Å². The van der Waals surface area contributed by atoms with Crippen LogP contribution in [0.4, 0.5) is 0 Å². The van der Waals surface area contributed by atoms with Crippen molar-refractivity contribution in [1.82, 2.24) is 0 Å². The molecule has 0 saturated carbocycles. The number of phosphoric ester groups is 1. The van der Waals surface area contributed by atoms with E-state index in [1.165, 1.54) is 0 Å². The minimum absolute atomic E-state index is 0.0432. The number of rotatable bonds is 16. The molecule has 3 aromatic carbocycles. The maximum Gasteiger partial charge on any atom is 0.472 e. The number of benzene rings is 3. The maximum atomic E-state index is 12.1. The maximum absolute atomic E-state index is 12.1. The number of hydrogen-bond acceptors (Lipinski definition) is 9. The van der Waals surface area contributed by atoms with Gasteiger partial charge in [-0.1, -0.05) is 48.5 Å². The van der Waals surface area contributed by atoms with Gasteiger partial charge in [0.1, 0.15) is 36.5 Å². The van der Waals surface area contributed by atoms with Crippen LogP contribution in [0.2, 0.25) is 0 Å². The van der Waals surface area contributed by atoms with Crippen molar-refractivity contribution in [3.63, 3.8) is 0 Å². The number of aryl methyl sites for hydroxylation is 1. The highest BCUT2D eigenvalue weighted by Crippen LogP contribution is 2.42. The van der Waals surface area contributed by atoms with E-state index < -0.39 is 39.0 Å². The molecule has 0 aliphatic rings. The molecule has 3 rings (SSSR count). The van der Waals surface area contributed by atoms with Crippen LogP contribution in [0.1, 0.15) is 17.5 Å². The van der Waals surface area contributed by atoms with Gasteiger partial charge in [-0.2, -0.15) is 0 Å². The topological polar surface area (TPSA) is 164 Å². The molecule has 0 heterocycles. The third-order valence-electron chi connectivity index (χ3n) is 5.18. The molecule has 0 aliphatic heterocycles. The second-order valence-corrected chi connectivity index (χ2v) is 9.68. The number of phosphoric acid groups is 1. The van der Waals surface area contributed by atoms with Crippen LogP contribution in [0.3, 0.4) is 0 Å². The van der Waals surface area contributed by atoms with Crippen LogP contribution in [-0.4, -0.2) is 47.8 Å². The first-order chi connectivity index (χ1) is 18.7. The van der Waals surface area contributed by atoms with Gasteiger partial charge in [0.05, 0.1) is 13.2 Å². The van der Waals surface area contributed by atoms with Gasteiger partial charge in [0.2, 0.25) is 0 Å². The Morgan fingerprint density at radius 2 is 1.62 bits per heavy atom. The summed E-state index contributed by atoms with van der Waals surface area (Å²) < 4.78 is 37.7. The molecule has 12 heteroatoms. The van der Waals surface area contributed by atoms with E-state index in [4.69, 9.17) is 25.1 Å². The molecule has 0 spiro atoms. The Hall–Kier alpha value is -3.73. The molecule has 0 amide bonds. The summed E-state index contributed by atoms with van der Waals surface area (Å²) in [5, 5.41) is 8.65. The van der Waals surface area contributed by atoms with E-state index in [1.54, 1.807) is 0 Å². The summed E-state index contributed by atoms with van der Waals surface area (Å²) in [6, 6.07) is 22.9. The summed E-state index contributed by atoms with van der Waals surface area (Å²) in [7, 11) is -4.53. The summed E-state index contributed by atoms with van der Waals surface area (Å²) in [6.07, 6.45) is 0.392. The fourth-order valence-electron chi connectivity index (χ4n) is 3.24. The monoisotopic (exact) mass is 559 g/mol. The van der Waals surface area contributed by atoms with Gasteiger partial charge < -0.3 is 29.9 Å². The number of carboxylic acids is 1. The standard InChI is InChI=1S/C27H30NO10P/c28-24(27(30)31)19-37-39(32,33)36-16-15-34-26(29)14-13-21-8-4-5-12-25(21)35-18-20-7-6-11-23(17-20)38-22-9-2-1-3-10-22/h1-12,17,24H,13-16,18-19,28H2,(H,30,31)(H,32,33)/t24-/m0/s1. The molecule has 2 atom stereocenters. The minimum atomic E-state index is -4.53. The SMILES string of the molecule is N[C@@H](COP(=O)(O)OCCOC(=O)CCc1ccccc1OCc1cccc(Oc2ccccc2)c1)C(=O)O. The van der Waals surface area contributed by atoms with Crippen molar-refractivity contribution in [2.24, 2.45) is 5.73 Å². The number of aliphatic carboxylic acids is 1. The van der Waals surface area contributed by atoms with E-state index in [0.717, 1.165) is 16.9 Å². The molecule has 0 radical (unpaired) electrons. The van der Waals surface area contributed by atoms with Crippen LogP contribution < -0.4 is 15.2 Å². The first-order valence-corrected chi connectivity index (χ1v) is 13.5. The average Bonchev–Trinajstić information content (AvgIpc) is 2.93. The second kappa shape index (κ2) is 15.0. The number of carbonyl (C=O) groups excluding carboxylic acids is 1. The van der Waals surface area contributed by atoms with Gasteiger partial charge in [-0.05, 0) is 47.9 Å². The Morgan fingerprint density at radius 3 is 2.38 bits per heavy atom. The fraction of sp³-hybridized carbons (Fsp3) is 0.259. The van der Waals surface area contributed by atoms with Gasteiger partial charge in [0.25, 0.3) is 0 Å². The van der Waals surface area contributed by atoms with Crippen LogP contribution in [0.25, 0.3) is 0 Å². The summed E-state index contributed by atoms with van der Waals surface area (Å²) in [4.78, 5) is 32.3. The number of carbonyl (C=O) groups is 2. The van der Waals surface area contributed by atoms with E-state index in [1.807, 2.05) is 78.9 Å². The summed E-state index contributed by atoms with van der Waals surface area (Å²) in [5.41, 5.74) is 6.92. The van der Waals surface area contributed by atoms with Gasteiger partial charge in [0.15, 0.2) is 0 Å². The minimum Gasteiger partial charge on any atom is -0.489 e. The van der Waals surface area contributed by atoms with E-state index in [2.05, 4.69) is 9.05 Å². The van der Waals surface area contributed by atoms with Crippen LogP contribution in [-0.2, 0) is 41.0 Å². The number of esters is 1. The number of ether oxygens (including phenoxy) is 3. The highest BCUT2D eigenvalue weighted by molar-refractivity contribution is 7.47.